The summed E-state index contributed by atoms with van der Waals surface area (Å²) in [5.41, 5.74) is -0.559. The van der Waals surface area contributed by atoms with Gasteiger partial charge in [-0.1, -0.05) is 47.1 Å². The molecule has 1 aliphatic heterocycles. The van der Waals surface area contributed by atoms with Gasteiger partial charge in [0.2, 0.25) is 5.88 Å². The fourth-order valence-electron chi connectivity index (χ4n) is 3.87. The van der Waals surface area contributed by atoms with Crippen LogP contribution < -0.4 is 0 Å². The van der Waals surface area contributed by atoms with Crippen LogP contribution in [-0.2, 0) is 23.8 Å². The number of hydrogen-bond donors (Lipinski definition) is 1. The van der Waals surface area contributed by atoms with Crippen LogP contribution in [0.2, 0.25) is 10.0 Å². The summed E-state index contributed by atoms with van der Waals surface area (Å²) >= 11 is 14.2. The first-order valence-corrected chi connectivity index (χ1v) is 13.4. The maximum atomic E-state index is 14.8. The second kappa shape index (κ2) is 11.5. The van der Waals surface area contributed by atoms with E-state index in [0.717, 1.165) is 17.8 Å². The zero-order chi connectivity index (χ0) is 26.9. The van der Waals surface area contributed by atoms with Gasteiger partial charge in [-0.15, -0.1) is 16.4 Å². The van der Waals surface area contributed by atoms with E-state index in [1.165, 1.54) is 41.3 Å². The summed E-state index contributed by atoms with van der Waals surface area (Å²) in [7, 11) is 0. The minimum Gasteiger partial charge on any atom is -0.493 e. The number of ether oxygens (including phenoxy) is 3. The normalized spacial score (nSPS) is 23.6. The van der Waals surface area contributed by atoms with Gasteiger partial charge in [0.15, 0.2) is 6.10 Å². The molecule has 0 radical (unpaired) electrons. The molecule has 1 saturated heterocycles. The lowest BCUT2D eigenvalue weighted by Gasteiger charge is -2.44. The molecule has 4 rings (SSSR count). The Morgan fingerprint density at radius 1 is 1.27 bits per heavy atom. The summed E-state index contributed by atoms with van der Waals surface area (Å²) in [5.74, 6) is -2.27. The van der Waals surface area contributed by atoms with Gasteiger partial charge in [0.05, 0.1) is 33.8 Å². The predicted molar refractivity (Wildman–Crippen MR) is 134 cm³/mol. The van der Waals surface area contributed by atoms with E-state index >= 15 is 0 Å². The van der Waals surface area contributed by atoms with Gasteiger partial charge in [0.1, 0.15) is 28.6 Å². The molecule has 1 aliphatic rings. The van der Waals surface area contributed by atoms with E-state index in [1.807, 2.05) is 6.92 Å². The maximum absolute atomic E-state index is 14.8. The zero-order valence-electron chi connectivity index (χ0n) is 19.6. The van der Waals surface area contributed by atoms with E-state index in [-0.39, 0.29) is 27.4 Å². The number of carbonyl (C=O) groups is 2. The Bertz CT molecular complexity index is 1310. The minimum atomic E-state index is -0.959. The Morgan fingerprint density at radius 2 is 2.00 bits per heavy atom. The molecule has 0 aliphatic carbocycles. The topological polar surface area (TPSA) is 126 Å². The largest absolute Gasteiger partial charge is 0.493 e. The Balaban J connectivity index is 1.74. The lowest BCUT2D eigenvalue weighted by atomic mass is 9.89. The summed E-state index contributed by atoms with van der Waals surface area (Å²) in [4.78, 5) is 27.8. The first kappa shape index (κ1) is 27.6. The Kier molecular flexibility index (Phi) is 8.59. The van der Waals surface area contributed by atoms with Crippen molar-refractivity contribution in [1.29, 1.82) is 0 Å². The van der Waals surface area contributed by atoms with Gasteiger partial charge in [-0.2, -0.15) is 0 Å². The van der Waals surface area contributed by atoms with Crippen molar-refractivity contribution < 1.29 is 33.3 Å². The van der Waals surface area contributed by atoms with Crippen molar-refractivity contribution in [3.8, 4) is 16.6 Å². The lowest BCUT2D eigenvalue weighted by molar-refractivity contribution is -0.185. The van der Waals surface area contributed by atoms with E-state index in [1.54, 1.807) is 6.20 Å². The zero-order valence-corrected chi connectivity index (χ0v) is 22.8. The molecule has 2 aromatic heterocycles. The monoisotopic (exact) mass is 590 g/mol. The van der Waals surface area contributed by atoms with Gasteiger partial charge in [-0.05, 0) is 12.1 Å². The minimum absolute atomic E-state index is 0.0483. The van der Waals surface area contributed by atoms with Crippen LogP contribution in [0.25, 0.3) is 10.7 Å². The van der Waals surface area contributed by atoms with Crippen molar-refractivity contribution in [2.24, 2.45) is 5.92 Å². The fraction of sp³-hybridized carbons (Fsp3) is 0.409. The SMILES string of the molecule is CC(=O)OCC1O[C@H](Sc2cc(Cl)c(Cl)cc2F)[C@@H](OC(C)=O)C(n2cc(-c3nc(O)cs3)nn2)[C@H]1C. The number of nitrogens with zero attached hydrogens (tertiary/aromatic N) is 4. The van der Waals surface area contributed by atoms with Crippen LogP contribution in [0.1, 0.15) is 26.8 Å². The maximum Gasteiger partial charge on any atom is 0.303 e. The highest BCUT2D eigenvalue weighted by atomic mass is 35.5. The van der Waals surface area contributed by atoms with Gasteiger partial charge in [0, 0.05) is 24.7 Å². The molecule has 1 N–H and O–H groups in total. The van der Waals surface area contributed by atoms with Crippen molar-refractivity contribution in [3.63, 3.8) is 0 Å². The summed E-state index contributed by atoms with van der Waals surface area (Å²) in [6, 6.07) is 1.78. The van der Waals surface area contributed by atoms with Crippen LogP contribution >= 0.6 is 46.3 Å². The molecule has 15 heteroatoms. The number of halogens is 3. The average molecular weight is 591 g/mol. The Hall–Kier alpha value is -2.45. The molecule has 1 aromatic carbocycles. The van der Waals surface area contributed by atoms with Crippen LogP contribution in [0.15, 0.2) is 28.6 Å². The first-order chi connectivity index (χ1) is 17.5. The van der Waals surface area contributed by atoms with Crippen molar-refractivity contribution >= 4 is 58.2 Å². The van der Waals surface area contributed by atoms with Gasteiger partial charge >= 0.3 is 11.9 Å². The molecule has 2 unspecified atom stereocenters. The third-order valence-electron chi connectivity index (χ3n) is 5.54. The number of hydrogen-bond acceptors (Lipinski definition) is 11. The highest BCUT2D eigenvalue weighted by Crippen LogP contribution is 2.44. The molecule has 10 nitrogen and oxygen atoms in total. The second-order valence-electron chi connectivity index (χ2n) is 8.18. The highest BCUT2D eigenvalue weighted by molar-refractivity contribution is 7.99. The van der Waals surface area contributed by atoms with Gasteiger partial charge in [-0.25, -0.2) is 14.1 Å². The Morgan fingerprint density at radius 3 is 2.65 bits per heavy atom. The number of esters is 2. The number of rotatable bonds is 7. The van der Waals surface area contributed by atoms with Crippen molar-refractivity contribution in [3.05, 3.63) is 39.6 Å². The molecule has 3 heterocycles. The van der Waals surface area contributed by atoms with Gasteiger partial charge in [-0.3, -0.25) is 9.59 Å². The third-order valence-corrected chi connectivity index (χ3v) is 8.29. The van der Waals surface area contributed by atoms with Crippen LogP contribution in [-0.4, -0.2) is 61.3 Å². The molecule has 1 fully saturated rings. The van der Waals surface area contributed by atoms with E-state index in [4.69, 9.17) is 37.4 Å². The second-order valence-corrected chi connectivity index (χ2v) is 11.0. The van der Waals surface area contributed by atoms with E-state index in [0.29, 0.717) is 10.7 Å². The summed E-state index contributed by atoms with van der Waals surface area (Å²) in [6.07, 6.45) is -0.0224. The number of carbonyl (C=O) groups excluding carboxylic acids is 2. The van der Waals surface area contributed by atoms with Crippen molar-refractivity contribution in [2.45, 2.75) is 49.4 Å². The molecule has 37 heavy (non-hydrogen) atoms. The first-order valence-electron chi connectivity index (χ1n) is 10.9. The van der Waals surface area contributed by atoms with E-state index < -0.39 is 47.4 Å². The predicted octanol–water partition coefficient (Wildman–Crippen LogP) is 4.74. The number of aromatic hydroxyl groups is 1. The number of aromatic nitrogens is 4. The molecule has 0 spiro atoms. The van der Waals surface area contributed by atoms with Crippen LogP contribution in [0.5, 0.6) is 5.88 Å². The summed E-state index contributed by atoms with van der Waals surface area (Å²) < 4.78 is 33.4. The van der Waals surface area contributed by atoms with Crippen molar-refractivity contribution in [1.82, 2.24) is 20.0 Å². The molecule has 198 valence electrons. The van der Waals surface area contributed by atoms with Gasteiger partial charge in [0.25, 0.3) is 0 Å². The number of thiazole rings is 1. The quantitative estimate of drug-likeness (QED) is 0.304. The molecular formula is C22H21Cl2FN4O6S2. The molecular weight excluding hydrogens is 570 g/mol. The van der Waals surface area contributed by atoms with E-state index in [9.17, 15) is 19.1 Å². The van der Waals surface area contributed by atoms with Crippen molar-refractivity contribution in [2.75, 3.05) is 6.61 Å². The average Bonchev–Trinajstić information content (AvgIpc) is 3.47. The number of thioether (sulfide) groups is 1. The fourth-order valence-corrected chi connectivity index (χ4v) is 6.04. The smallest absolute Gasteiger partial charge is 0.303 e. The molecule has 0 saturated carbocycles. The third kappa shape index (κ3) is 6.34. The molecule has 3 aromatic rings. The molecule has 0 amide bonds. The molecule has 0 bridgehead atoms. The van der Waals surface area contributed by atoms with E-state index in [2.05, 4.69) is 15.3 Å². The number of benzene rings is 1. The van der Waals surface area contributed by atoms with Crippen LogP contribution in [0, 0.1) is 11.7 Å². The highest BCUT2D eigenvalue weighted by Gasteiger charge is 2.48. The van der Waals surface area contributed by atoms with Crippen LogP contribution in [0.4, 0.5) is 4.39 Å². The summed E-state index contributed by atoms with van der Waals surface area (Å²) in [6.45, 7) is 4.26. The van der Waals surface area contributed by atoms with Gasteiger partial charge < -0.3 is 19.3 Å². The molecule has 5 atom stereocenters. The Labute approximate surface area is 229 Å². The summed E-state index contributed by atoms with van der Waals surface area (Å²) in [5, 5.41) is 20.1. The standard InChI is InChI=1S/C22H21Cl2FN4O6S2/c1-9-16(7-33-10(2)30)35-22(37-17-5-13(24)12(23)4-14(17)25)20(34-11(3)31)19(9)29-6-15(27-28-29)21-26-18(32)8-36-21/h4-6,8-9,16,19-20,22,32H,7H2,1-3H3/t9-,16?,19?,20-,22+/m0/s1. The lowest BCUT2D eigenvalue weighted by Crippen LogP contribution is -2.53. The van der Waals surface area contributed by atoms with Crippen LogP contribution in [0.3, 0.4) is 0 Å².